The van der Waals surface area contributed by atoms with Crippen LogP contribution in [0, 0.1) is 11.3 Å². The zero-order valence-corrected chi connectivity index (χ0v) is 11.8. The number of nitrogens with zero attached hydrogens (tertiary/aromatic N) is 4. The summed E-state index contributed by atoms with van der Waals surface area (Å²) in [6.07, 6.45) is 1.74. The molecule has 0 radical (unpaired) electrons. The molecule has 1 N–H and O–H groups in total. The molecule has 2 aromatic rings. The van der Waals surface area contributed by atoms with Crippen molar-refractivity contribution in [2.45, 2.75) is 6.42 Å². The molecule has 104 valence electrons. The van der Waals surface area contributed by atoms with Gasteiger partial charge in [-0.15, -0.1) is 0 Å². The molecule has 0 saturated carbocycles. The van der Waals surface area contributed by atoms with Gasteiger partial charge in [0.05, 0.1) is 12.6 Å². The molecule has 0 fully saturated rings. The van der Waals surface area contributed by atoms with Gasteiger partial charge in [-0.2, -0.15) is 10.2 Å². The first-order chi connectivity index (χ1) is 10.1. The first kappa shape index (κ1) is 13.3. The van der Waals surface area contributed by atoms with E-state index in [1.54, 1.807) is 11.9 Å². The van der Waals surface area contributed by atoms with Crippen LogP contribution in [0.4, 0.5) is 17.2 Å². The third-order valence-electron chi connectivity index (χ3n) is 3.30. The van der Waals surface area contributed by atoms with Crippen molar-refractivity contribution in [3.8, 4) is 6.07 Å². The molecule has 7 heteroatoms. The number of aromatic nitrogens is 2. The highest BCUT2D eigenvalue weighted by molar-refractivity contribution is 6.28. The fourth-order valence-electron chi connectivity index (χ4n) is 2.22. The van der Waals surface area contributed by atoms with Crippen molar-refractivity contribution in [2.75, 3.05) is 17.3 Å². The van der Waals surface area contributed by atoms with Gasteiger partial charge in [0.1, 0.15) is 11.6 Å². The summed E-state index contributed by atoms with van der Waals surface area (Å²) in [6.45, 7) is 0. The number of nitriles is 1. The Balaban J connectivity index is 1.94. The highest BCUT2D eigenvalue weighted by atomic mass is 35.5. The van der Waals surface area contributed by atoms with E-state index >= 15 is 0 Å². The summed E-state index contributed by atoms with van der Waals surface area (Å²) in [5.41, 5.74) is 2.87. The van der Waals surface area contributed by atoms with Crippen LogP contribution in [0.5, 0.6) is 0 Å². The van der Waals surface area contributed by atoms with Crippen LogP contribution in [0.25, 0.3) is 0 Å². The van der Waals surface area contributed by atoms with Crippen molar-refractivity contribution in [3.63, 3.8) is 0 Å². The fourth-order valence-corrected chi connectivity index (χ4v) is 2.36. The van der Waals surface area contributed by atoms with Crippen LogP contribution < -0.4 is 10.2 Å². The zero-order chi connectivity index (χ0) is 15.0. The van der Waals surface area contributed by atoms with Crippen LogP contribution in [-0.4, -0.2) is 22.9 Å². The van der Waals surface area contributed by atoms with Gasteiger partial charge in [0, 0.05) is 18.4 Å². The Kier molecular flexibility index (Phi) is 3.20. The monoisotopic (exact) mass is 299 g/mol. The average molecular weight is 300 g/mol. The number of rotatable bonds is 2. The number of benzene rings is 1. The molecule has 3 rings (SSSR count). The summed E-state index contributed by atoms with van der Waals surface area (Å²) >= 11 is 5.75. The van der Waals surface area contributed by atoms with Gasteiger partial charge in [0.15, 0.2) is 5.82 Å². The topological polar surface area (TPSA) is 81.9 Å². The average Bonchev–Trinajstić information content (AvgIpc) is 2.74. The summed E-state index contributed by atoms with van der Waals surface area (Å²) in [5, 5.41) is 12.1. The third-order valence-corrected chi connectivity index (χ3v) is 3.48. The normalized spacial score (nSPS) is 13.0. The van der Waals surface area contributed by atoms with Crippen LogP contribution >= 0.6 is 11.6 Å². The zero-order valence-electron chi connectivity index (χ0n) is 11.1. The molecule has 1 aromatic carbocycles. The van der Waals surface area contributed by atoms with E-state index in [1.165, 1.54) is 6.20 Å². The Hall–Kier alpha value is -2.65. The summed E-state index contributed by atoms with van der Waals surface area (Å²) in [4.78, 5) is 21.1. The number of anilines is 3. The molecule has 1 aliphatic heterocycles. The van der Waals surface area contributed by atoms with Crippen molar-refractivity contribution in [1.29, 1.82) is 5.26 Å². The molecular formula is C14H10ClN5O. The van der Waals surface area contributed by atoms with Gasteiger partial charge in [-0.3, -0.25) is 4.79 Å². The Labute approximate surface area is 126 Å². The maximum Gasteiger partial charge on any atom is 0.231 e. The number of halogens is 1. The number of nitrogens with one attached hydrogen (secondary N) is 1. The minimum atomic E-state index is 0.0601. The SMILES string of the molecule is CN1C(=O)Cc2cc(Nc3nc(Cl)ncc3C#N)ccc21. The van der Waals surface area contributed by atoms with Gasteiger partial charge in [0.25, 0.3) is 0 Å². The number of amides is 1. The van der Waals surface area contributed by atoms with Crippen LogP contribution in [0.3, 0.4) is 0 Å². The summed E-state index contributed by atoms with van der Waals surface area (Å²) < 4.78 is 0. The summed E-state index contributed by atoms with van der Waals surface area (Å²) in [7, 11) is 1.75. The molecule has 0 bridgehead atoms. The largest absolute Gasteiger partial charge is 0.339 e. The molecule has 21 heavy (non-hydrogen) atoms. The van der Waals surface area contributed by atoms with Crippen LogP contribution in [0.15, 0.2) is 24.4 Å². The van der Waals surface area contributed by atoms with Crippen LogP contribution in [0.1, 0.15) is 11.1 Å². The Morgan fingerprint density at radius 2 is 2.29 bits per heavy atom. The molecular weight excluding hydrogens is 290 g/mol. The lowest BCUT2D eigenvalue weighted by atomic mass is 10.1. The highest BCUT2D eigenvalue weighted by Gasteiger charge is 2.23. The van der Waals surface area contributed by atoms with Gasteiger partial charge in [-0.1, -0.05) is 0 Å². The smallest absolute Gasteiger partial charge is 0.231 e. The maximum absolute atomic E-state index is 11.7. The number of hydrogen-bond donors (Lipinski definition) is 1. The van der Waals surface area contributed by atoms with E-state index in [4.69, 9.17) is 16.9 Å². The molecule has 1 aromatic heterocycles. The molecule has 1 aliphatic rings. The van der Waals surface area contributed by atoms with Gasteiger partial charge in [0.2, 0.25) is 11.2 Å². The van der Waals surface area contributed by atoms with Crippen molar-refractivity contribution in [3.05, 3.63) is 40.8 Å². The second-order valence-electron chi connectivity index (χ2n) is 4.61. The van der Waals surface area contributed by atoms with E-state index in [0.29, 0.717) is 17.8 Å². The van der Waals surface area contributed by atoms with E-state index in [2.05, 4.69) is 15.3 Å². The predicted octanol–water partition coefficient (Wildman–Crippen LogP) is 2.26. The van der Waals surface area contributed by atoms with E-state index in [9.17, 15) is 4.79 Å². The number of hydrogen-bond acceptors (Lipinski definition) is 5. The minimum Gasteiger partial charge on any atom is -0.339 e. The number of carbonyl (C=O) groups excluding carboxylic acids is 1. The van der Waals surface area contributed by atoms with Crippen LogP contribution in [-0.2, 0) is 11.2 Å². The van der Waals surface area contributed by atoms with Crippen LogP contribution in [0.2, 0.25) is 5.28 Å². The Bertz CT molecular complexity index is 783. The third kappa shape index (κ3) is 2.39. The van der Waals surface area contributed by atoms with Gasteiger partial charge < -0.3 is 10.2 Å². The Morgan fingerprint density at radius 3 is 3.05 bits per heavy atom. The van der Waals surface area contributed by atoms with Gasteiger partial charge in [-0.25, -0.2) is 4.98 Å². The molecule has 0 spiro atoms. The molecule has 0 atom stereocenters. The van der Waals surface area contributed by atoms with Crippen molar-refractivity contribution >= 4 is 34.7 Å². The molecule has 1 amide bonds. The second-order valence-corrected chi connectivity index (χ2v) is 4.95. The molecule has 0 saturated heterocycles. The van der Waals surface area contributed by atoms with E-state index < -0.39 is 0 Å². The van der Waals surface area contributed by atoms with Crippen molar-refractivity contribution in [1.82, 2.24) is 9.97 Å². The molecule has 6 nitrogen and oxygen atoms in total. The lowest BCUT2D eigenvalue weighted by Gasteiger charge is -2.11. The molecule has 2 heterocycles. The summed E-state index contributed by atoms with van der Waals surface area (Å²) in [6, 6.07) is 7.55. The van der Waals surface area contributed by atoms with E-state index in [-0.39, 0.29) is 11.2 Å². The number of carbonyl (C=O) groups is 1. The minimum absolute atomic E-state index is 0.0601. The van der Waals surface area contributed by atoms with E-state index in [0.717, 1.165) is 16.9 Å². The lowest BCUT2D eigenvalue weighted by molar-refractivity contribution is -0.117. The number of fused-ring (bicyclic) bond motifs is 1. The first-order valence-electron chi connectivity index (χ1n) is 6.17. The maximum atomic E-state index is 11.7. The Morgan fingerprint density at radius 1 is 1.48 bits per heavy atom. The standard InChI is InChI=1S/C14H10ClN5O/c1-20-11-3-2-10(4-8(11)5-12(20)21)18-13-9(6-16)7-17-14(15)19-13/h2-4,7H,5H2,1H3,(H,17,18,19). The van der Waals surface area contributed by atoms with E-state index in [1.807, 2.05) is 24.3 Å². The lowest BCUT2D eigenvalue weighted by Crippen LogP contribution is -2.20. The van der Waals surface area contributed by atoms with Gasteiger partial charge in [-0.05, 0) is 35.4 Å². The number of likely N-dealkylation sites (N-methyl/N-ethyl adjacent to an activating group) is 1. The highest BCUT2D eigenvalue weighted by Crippen LogP contribution is 2.31. The predicted molar refractivity (Wildman–Crippen MR) is 78.6 cm³/mol. The van der Waals surface area contributed by atoms with Crippen molar-refractivity contribution in [2.24, 2.45) is 0 Å². The fraction of sp³-hybridized carbons (Fsp3) is 0.143. The summed E-state index contributed by atoms with van der Waals surface area (Å²) in [5.74, 6) is 0.403. The second kappa shape index (κ2) is 5.04. The van der Waals surface area contributed by atoms with Gasteiger partial charge >= 0.3 is 0 Å². The van der Waals surface area contributed by atoms with Crippen molar-refractivity contribution < 1.29 is 4.79 Å². The molecule has 0 unspecified atom stereocenters. The first-order valence-corrected chi connectivity index (χ1v) is 6.55. The quantitative estimate of drug-likeness (QED) is 0.860. The molecule has 0 aliphatic carbocycles.